The van der Waals surface area contributed by atoms with E-state index in [0.717, 1.165) is 11.1 Å². The molecule has 1 aromatic carbocycles. The Morgan fingerprint density at radius 3 is 2.17 bits per heavy atom. The molecule has 8 heteroatoms. The van der Waals surface area contributed by atoms with E-state index in [0.29, 0.717) is 12.0 Å². The second-order valence-corrected chi connectivity index (χ2v) is 11.5. The zero-order valence-corrected chi connectivity index (χ0v) is 22.9. The number of nitrogens with one attached hydrogen (secondary N) is 2. The van der Waals surface area contributed by atoms with Gasteiger partial charge in [-0.25, -0.2) is 4.79 Å². The highest BCUT2D eigenvalue weighted by Crippen LogP contribution is 2.28. The fourth-order valence-corrected chi connectivity index (χ4v) is 3.66. The minimum atomic E-state index is -1.05. The Kier molecular flexibility index (Phi) is 10.3. The first-order valence-electron chi connectivity index (χ1n) is 12.0. The molecule has 0 saturated carbocycles. The average Bonchev–Trinajstić information content (AvgIpc) is 2.66. The van der Waals surface area contributed by atoms with Gasteiger partial charge in [0.1, 0.15) is 24.2 Å². The molecule has 0 saturated heterocycles. The number of alkyl carbamates (subject to hydrolysis) is 1. The van der Waals surface area contributed by atoms with Crippen LogP contribution in [0, 0.1) is 31.1 Å². The smallest absolute Gasteiger partial charge is 0.408 e. The fourth-order valence-electron chi connectivity index (χ4n) is 3.66. The quantitative estimate of drug-likeness (QED) is 0.524. The van der Waals surface area contributed by atoms with E-state index in [4.69, 9.17) is 4.74 Å². The third kappa shape index (κ3) is 9.97. The minimum Gasteiger partial charge on any atom is -0.444 e. The first-order valence-corrected chi connectivity index (χ1v) is 12.0. The fraction of sp³-hybridized carbons (Fsp3) is 0.630. The predicted octanol–water partition coefficient (Wildman–Crippen LogP) is 4.55. The molecule has 194 valence electrons. The van der Waals surface area contributed by atoms with E-state index in [1.807, 2.05) is 72.7 Å². The summed E-state index contributed by atoms with van der Waals surface area (Å²) in [5.41, 5.74) is 1.09. The van der Waals surface area contributed by atoms with Crippen LogP contribution < -0.4 is 10.6 Å². The summed E-state index contributed by atoms with van der Waals surface area (Å²) in [6.07, 6.45) is -0.406. The highest BCUT2D eigenvalue weighted by Gasteiger charge is 2.38. The summed E-state index contributed by atoms with van der Waals surface area (Å²) < 4.78 is 5.37. The van der Waals surface area contributed by atoms with Gasteiger partial charge in [0.15, 0.2) is 0 Å². The van der Waals surface area contributed by atoms with Crippen molar-refractivity contribution >= 4 is 17.9 Å². The summed E-state index contributed by atoms with van der Waals surface area (Å²) in [5, 5.41) is 15.3. The molecule has 0 fully saturated rings. The lowest BCUT2D eigenvalue weighted by Crippen LogP contribution is -2.55. The number of benzene rings is 1. The summed E-state index contributed by atoms with van der Waals surface area (Å²) in [4.78, 5) is 41.3. The van der Waals surface area contributed by atoms with Crippen molar-refractivity contribution in [1.29, 1.82) is 5.26 Å². The Balaban J connectivity index is 3.56. The van der Waals surface area contributed by atoms with E-state index in [1.165, 1.54) is 4.90 Å². The lowest BCUT2D eigenvalue weighted by Gasteiger charge is -2.35. The van der Waals surface area contributed by atoms with Crippen LogP contribution in [0.3, 0.4) is 0 Å². The van der Waals surface area contributed by atoms with Gasteiger partial charge in [-0.15, -0.1) is 0 Å². The Bertz CT molecular complexity index is 951. The van der Waals surface area contributed by atoms with Crippen molar-refractivity contribution in [2.24, 2.45) is 5.92 Å². The molecule has 35 heavy (non-hydrogen) atoms. The Hall–Kier alpha value is -3.08. The Morgan fingerprint density at radius 1 is 1.09 bits per heavy atom. The van der Waals surface area contributed by atoms with Gasteiger partial charge in [0.2, 0.25) is 11.8 Å². The molecule has 3 amide bonds. The number of aryl methyl sites for hydroxylation is 2. The van der Waals surface area contributed by atoms with Crippen molar-refractivity contribution in [3.63, 3.8) is 0 Å². The number of nitrogens with zero attached hydrogens (tertiary/aromatic N) is 2. The van der Waals surface area contributed by atoms with E-state index in [9.17, 15) is 19.6 Å². The number of hydrogen-bond donors (Lipinski definition) is 2. The summed E-state index contributed by atoms with van der Waals surface area (Å²) >= 11 is 0. The topological polar surface area (TPSA) is 112 Å². The van der Waals surface area contributed by atoms with Gasteiger partial charge in [-0.1, -0.05) is 37.6 Å². The van der Waals surface area contributed by atoms with Crippen molar-refractivity contribution in [1.82, 2.24) is 15.5 Å². The predicted molar refractivity (Wildman–Crippen MR) is 136 cm³/mol. The summed E-state index contributed by atoms with van der Waals surface area (Å²) in [6, 6.07) is 5.70. The van der Waals surface area contributed by atoms with Gasteiger partial charge < -0.3 is 20.3 Å². The molecule has 2 unspecified atom stereocenters. The molecule has 2 atom stereocenters. The maximum atomic E-state index is 13.9. The normalized spacial score (nSPS) is 13.4. The van der Waals surface area contributed by atoms with Gasteiger partial charge >= 0.3 is 6.09 Å². The van der Waals surface area contributed by atoms with Crippen molar-refractivity contribution in [3.8, 4) is 6.07 Å². The maximum absolute atomic E-state index is 13.9. The molecular weight excluding hydrogens is 444 g/mol. The van der Waals surface area contributed by atoms with E-state index < -0.39 is 41.1 Å². The van der Waals surface area contributed by atoms with Crippen molar-refractivity contribution in [2.75, 3.05) is 6.54 Å². The molecule has 0 bridgehead atoms. The Morgan fingerprint density at radius 2 is 1.69 bits per heavy atom. The lowest BCUT2D eigenvalue weighted by atomic mass is 9.94. The Labute approximate surface area is 210 Å². The summed E-state index contributed by atoms with van der Waals surface area (Å²) in [6.45, 7) is 18.1. The highest BCUT2D eigenvalue weighted by molar-refractivity contribution is 5.92. The van der Waals surface area contributed by atoms with E-state index >= 15 is 0 Å². The monoisotopic (exact) mass is 486 g/mol. The number of carbonyl (C=O) groups excluding carboxylic acids is 3. The molecule has 1 rings (SSSR count). The van der Waals surface area contributed by atoms with Gasteiger partial charge in [0.05, 0.1) is 6.07 Å². The third-order valence-electron chi connectivity index (χ3n) is 5.01. The molecule has 0 spiro atoms. The van der Waals surface area contributed by atoms with Crippen LogP contribution in [0.2, 0.25) is 0 Å². The second kappa shape index (κ2) is 12.1. The molecule has 0 aliphatic rings. The number of rotatable bonds is 8. The third-order valence-corrected chi connectivity index (χ3v) is 5.01. The van der Waals surface area contributed by atoms with Crippen molar-refractivity contribution in [2.45, 2.75) is 98.9 Å². The molecule has 0 radical (unpaired) electrons. The first kappa shape index (κ1) is 30.0. The number of nitriles is 1. The molecule has 0 aliphatic heterocycles. The average molecular weight is 487 g/mol. The van der Waals surface area contributed by atoms with Crippen LogP contribution in [0.5, 0.6) is 0 Å². The standard InChI is InChI=1S/C27H42N4O4/c1-17(2)15-21(29-25(34)35-27(8,9)10)24(33)31(14-13-28)22(23(32)30-26(5,6)7)20-16-18(3)11-12-19(20)4/h11-12,16-17,21-22H,14-15H2,1-10H3,(H,29,34)(H,30,32). The lowest BCUT2D eigenvalue weighted by molar-refractivity contribution is -0.142. The van der Waals surface area contributed by atoms with Gasteiger partial charge in [-0.05, 0) is 78.9 Å². The maximum Gasteiger partial charge on any atom is 0.408 e. The zero-order valence-electron chi connectivity index (χ0n) is 22.9. The van der Waals surface area contributed by atoms with Crippen molar-refractivity contribution < 1.29 is 19.1 Å². The number of amides is 3. The van der Waals surface area contributed by atoms with Gasteiger partial charge in [0, 0.05) is 5.54 Å². The second-order valence-electron chi connectivity index (χ2n) is 11.5. The van der Waals surface area contributed by atoms with Gasteiger partial charge in [0.25, 0.3) is 0 Å². The molecule has 1 aromatic rings. The zero-order chi connectivity index (χ0) is 27.1. The molecular formula is C27H42N4O4. The SMILES string of the molecule is Cc1ccc(C)c(C(C(=O)NC(C)(C)C)N(CC#N)C(=O)C(CC(C)C)NC(=O)OC(C)(C)C)c1. The van der Waals surface area contributed by atoms with Gasteiger partial charge in [-0.2, -0.15) is 5.26 Å². The molecule has 0 heterocycles. The van der Waals surface area contributed by atoms with Gasteiger partial charge in [-0.3, -0.25) is 9.59 Å². The van der Waals surface area contributed by atoms with Crippen LogP contribution in [0.15, 0.2) is 18.2 Å². The largest absolute Gasteiger partial charge is 0.444 e. The molecule has 8 nitrogen and oxygen atoms in total. The van der Waals surface area contributed by atoms with E-state index in [2.05, 4.69) is 10.6 Å². The van der Waals surface area contributed by atoms with Crippen LogP contribution in [-0.2, 0) is 14.3 Å². The number of ether oxygens (including phenoxy) is 1. The van der Waals surface area contributed by atoms with Crippen LogP contribution in [0.25, 0.3) is 0 Å². The van der Waals surface area contributed by atoms with Crippen LogP contribution in [0.1, 0.15) is 84.5 Å². The number of hydrogen-bond acceptors (Lipinski definition) is 5. The summed E-state index contributed by atoms with van der Waals surface area (Å²) in [5.74, 6) is -0.846. The molecule has 2 N–H and O–H groups in total. The van der Waals surface area contributed by atoms with Crippen LogP contribution in [0.4, 0.5) is 4.79 Å². The first-order chi connectivity index (χ1) is 15.9. The van der Waals surface area contributed by atoms with Crippen molar-refractivity contribution in [3.05, 3.63) is 34.9 Å². The van der Waals surface area contributed by atoms with Crippen LogP contribution >= 0.6 is 0 Å². The minimum absolute atomic E-state index is 0.0605. The number of carbonyl (C=O) groups is 3. The molecule has 0 aliphatic carbocycles. The van der Waals surface area contributed by atoms with E-state index in [-0.39, 0.29) is 12.5 Å². The highest BCUT2D eigenvalue weighted by atomic mass is 16.6. The molecule has 0 aromatic heterocycles. The van der Waals surface area contributed by atoms with E-state index in [1.54, 1.807) is 20.8 Å². The van der Waals surface area contributed by atoms with Crippen LogP contribution in [-0.4, -0.2) is 46.5 Å². The summed E-state index contributed by atoms with van der Waals surface area (Å²) in [7, 11) is 0.